The topological polar surface area (TPSA) is 56.1 Å². The third-order valence-corrected chi connectivity index (χ3v) is 6.18. The van der Waals surface area contributed by atoms with Crippen LogP contribution in [0, 0.1) is 11.3 Å². The minimum Gasteiger partial charge on any atom is -0.383 e. The van der Waals surface area contributed by atoms with E-state index in [9.17, 15) is 4.79 Å². The first-order valence-electron chi connectivity index (χ1n) is 8.81. The Bertz CT molecular complexity index is 742. The first-order valence-corrected chi connectivity index (χ1v) is 9.63. The van der Waals surface area contributed by atoms with Gasteiger partial charge in [0.25, 0.3) is 5.91 Å². The predicted molar refractivity (Wildman–Crippen MR) is 101 cm³/mol. The zero-order valence-electron chi connectivity index (χ0n) is 15.5. The normalized spacial score (nSPS) is 17.4. The smallest absolute Gasteiger partial charge is 0.265 e. The van der Waals surface area contributed by atoms with Crippen LogP contribution in [0.1, 0.15) is 47.3 Å². The van der Waals surface area contributed by atoms with Crippen LogP contribution in [0.4, 0.5) is 5.69 Å². The molecule has 1 unspecified atom stereocenters. The van der Waals surface area contributed by atoms with E-state index in [2.05, 4.69) is 37.3 Å². The number of nitrogens with one attached hydrogen (secondary N) is 1. The number of aryl methyl sites for hydroxylation is 1. The minimum absolute atomic E-state index is 0.0435. The fraction of sp³-hybridized carbons (Fsp3) is 0.579. The number of carbonyl (C=O) groups excluding carboxylic acids is 1. The molecule has 5 nitrogen and oxygen atoms in total. The lowest BCUT2D eigenvalue weighted by Gasteiger charge is -2.33. The van der Waals surface area contributed by atoms with Crippen LogP contribution < -0.4 is 5.32 Å². The lowest BCUT2D eigenvalue weighted by Crippen LogP contribution is -2.26. The van der Waals surface area contributed by atoms with Crippen molar-refractivity contribution in [1.29, 1.82) is 0 Å². The minimum atomic E-state index is -0.0435. The van der Waals surface area contributed by atoms with Crippen molar-refractivity contribution in [2.24, 2.45) is 11.3 Å². The molecule has 0 saturated carbocycles. The van der Waals surface area contributed by atoms with Gasteiger partial charge in [-0.25, -0.2) is 0 Å². The van der Waals surface area contributed by atoms with Gasteiger partial charge in [-0.3, -0.25) is 9.48 Å². The maximum absolute atomic E-state index is 12.6. The van der Waals surface area contributed by atoms with Crippen LogP contribution in [0.25, 0.3) is 0 Å². The molecule has 0 bridgehead atoms. The highest BCUT2D eigenvalue weighted by atomic mass is 32.1. The van der Waals surface area contributed by atoms with Gasteiger partial charge in [-0.2, -0.15) is 5.10 Å². The number of amides is 1. The molecule has 3 rings (SSSR count). The number of fused-ring (bicyclic) bond motifs is 1. The van der Waals surface area contributed by atoms with Crippen molar-refractivity contribution in [3.05, 3.63) is 33.8 Å². The summed E-state index contributed by atoms with van der Waals surface area (Å²) in [5.74, 6) is 0.641. The molecule has 1 amide bonds. The molecule has 0 saturated heterocycles. The van der Waals surface area contributed by atoms with E-state index in [1.807, 2.05) is 6.20 Å². The molecule has 2 heterocycles. The maximum atomic E-state index is 12.6. The van der Waals surface area contributed by atoms with Crippen LogP contribution in [-0.4, -0.2) is 29.4 Å². The van der Waals surface area contributed by atoms with Gasteiger partial charge in [0, 0.05) is 18.2 Å². The van der Waals surface area contributed by atoms with E-state index >= 15 is 0 Å². The fourth-order valence-electron chi connectivity index (χ4n) is 3.30. The van der Waals surface area contributed by atoms with Gasteiger partial charge in [-0.15, -0.1) is 11.3 Å². The number of aromatic nitrogens is 2. The number of thiophene rings is 1. The highest BCUT2D eigenvalue weighted by Crippen LogP contribution is 2.40. The van der Waals surface area contributed by atoms with E-state index < -0.39 is 0 Å². The van der Waals surface area contributed by atoms with Gasteiger partial charge < -0.3 is 10.1 Å². The summed E-state index contributed by atoms with van der Waals surface area (Å²) in [6.07, 6.45) is 6.89. The molecule has 6 heteroatoms. The van der Waals surface area contributed by atoms with Gasteiger partial charge in [0.15, 0.2) is 0 Å². The Kier molecular flexibility index (Phi) is 5.29. The maximum Gasteiger partial charge on any atom is 0.265 e. The molecule has 1 atom stereocenters. The highest BCUT2D eigenvalue weighted by Gasteiger charge is 2.30. The number of methoxy groups -OCH3 is 1. The van der Waals surface area contributed by atoms with Crippen LogP contribution in [0.15, 0.2) is 18.5 Å². The summed E-state index contributed by atoms with van der Waals surface area (Å²) in [7, 11) is 1.66. The van der Waals surface area contributed by atoms with Crippen LogP contribution in [-0.2, 0) is 24.1 Å². The molecule has 2 aromatic rings. The Morgan fingerprint density at radius 3 is 3.00 bits per heavy atom. The highest BCUT2D eigenvalue weighted by molar-refractivity contribution is 7.14. The molecule has 0 spiro atoms. The predicted octanol–water partition coefficient (Wildman–Crippen LogP) is 3.99. The van der Waals surface area contributed by atoms with E-state index in [0.29, 0.717) is 24.5 Å². The second-order valence-electron chi connectivity index (χ2n) is 7.80. The third-order valence-electron chi connectivity index (χ3n) is 4.95. The van der Waals surface area contributed by atoms with Gasteiger partial charge >= 0.3 is 0 Å². The zero-order valence-corrected chi connectivity index (χ0v) is 16.3. The third kappa shape index (κ3) is 4.30. The molecule has 136 valence electrons. The van der Waals surface area contributed by atoms with E-state index in [-0.39, 0.29) is 5.91 Å². The van der Waals surface area contributed by atoms with E-state index in [1.54, 1.807) is 29.3 Å². The second kappa shape index (κ2) is 7.30. The molecule has 1 aliphatic rings. The monoisotopic (exact) mass is 361 g/mol. The number of carbonyl (C=O) groups is 1. The van der Waals surface area contributed by atoms with Crippen LogP contribution in [0.5, 0.6) is 0 Å². The van der Waals surface area contributed by atoms with E-state index in [1.165, 1.54) is 16.9 Å². The summed E-state index contributed by atoms with van der Waals surface area (Å²) >= 11 is 1.64. The van der Waals surface area contributed by atoms with Gasteiger partial charge in [0.1, 0.15) is 0 Å². The average Bonchev–Trinajstić information content (AvgIpc) is 3.17. The number of ether oxygens (including phenoxy) is 1. The Balaban J connectivity index is 1.66. The standard InChI is InChI=1S/C19H27N3O2S/c1-19(2,3)14-5-6-16-13(9-14)10-17(25-16)18(23)21-15-11-20-22(12-15)7-8-24-4/h10-12,14H,5-9H2,1-4H3,(H,21,23). The van der Waals surface area contributed by atoms with Crippen molar-refractivity contribution in [3.63, 3.8) is 0 Å². The average molecular weight is 362 g/mol. The first-order chi connectivity index (χ1) is 11.9. The number of rotatable bonds is 5. The van der Waals surface area contributed by atoms with Crippen LogP contribution in [0.2, 0.25) is 0 Å². The fourth-order valence-corrected chi connectivity index (χ4v) is 4.41. The number of hydrogen-bond donors (Lipinski definition) is 1. The summed E-state index contributed by atoms with van der Waals surface area (Å²) in [6, 6.07) is 2.09. The van der Waals surface area contributed by atoms with E-state index in [4.69, 9.17) is 4.74 Å². The SMILES string of the molecule is COCCn1cc(NC(=O)c2cc3c(s2)CCC(C(C)(C)C)C3)cn1. The lowest BCUT2D eigenvalue weighted by atomic mass is 9.72. The van der Waals surface area contributed by atoms with Gasteiger partial charge in [-0.1, -0.05) is 20.8 Å². The molecule has 2 aromatic heterocycles. The molecule has 1 N–H and O–H groups in total. The number of hydrogen-bond acceptors (Lipinski definition) is 4. The summed E-state index contributed by atoms with van der Waals surface area (Å²) in [5, 5.41) is 7.18. The first kappa shape index (κ1) is 18.1. The molecule has 0 aliphatic heterocycles. The molecule has 0 fully saturated rings. The van der Waals surface area contributed by atoms with Crippen molar-refractivity contribution >= 4 is 22.9 Å². The number of anilines is 1. The Morgan fingerprint density at radius 2 is 2.28 bits per heavy atom. The van der Waals surface area contributed by atoms with Gasteiger partial charge in [-0.05, 0) is 42.2 Å². The summed E-state index contributed by atoms with van der Waals surface area (Å²) < 4.78 is 6.81. The summed E-state index contributed by atoms with van der Waals surface area (Å²) in [6.45, 7) is 8.20. The molecule has 25 heavy (non-hydrogen) atoms. The quantitative estimate of drug-likeness (QED) is 0.876. The van der Waals surface area contributed by atoms with Crippen molar-refractivity contribution in [2.75, 3.05) is 19.0 Å². The second-order valence-corrected chi connectivity index (χ2v) is 8.94. The van der Waals surface area contributed by atoms with Crippen molar-refractivity contribution < 1.29 is 9.53 Å². The van der Waals surface area contributed by atoms with Gasteiger partial charge in [0.05, 0.1) is 29.9 Å². The Hall–Kier alpha value is -1.66. The number of nitrogens with zero attached hydrogens (tertiary/aromatic N) is 2. The summed E-state index contributed by atoms with van der Waals surface area (Å²) in [5.41, 5.74) is 2.40. The molecule has 0 radical (unpaired) electrons. The van der Waals surface area contributed by atoms with Crippen molar-refractivity contribution in [3.8, 4) is 0 Å². The largest absolute Gasteiger partial charge is 0.383 e. The van der Waals surface area contributed by atoms with Crippen molar-refractivity contribution in [2.45, 2.75) is 46.6 Å². The van der Waals surface area contributed by atoms with E-state index in [0.717, 1.165) is 23.4 Å². The molecule has 0 aromatic carbocycles. The molecular formula is C19H27N3O2S. The van der Waals surface area contributed by atoms with Crippen LogP contribution >= 0.6 is 11.3 Å². The Morgan fingerprint density at radius 1 is 1.48 bits per heavy atom. The Labute approximate surface area is 153 Å². The summed E-state index contributed by atoms with van der Waals surface area (Å²) in [4.78, 5) is 14.7. The molecule has 1 aliphatic carbocycles. The lowest BCUT2D eigenvalue weighted by molar-refractivity contribution is 0.103. The van der Waals surface area contributed by atoms with Gasteiger partial charge in [0.2, 0.25) is 0 Å². The van der Waals surface area contributed by atoms with Crippen molar-refractivity contribution in [1.82, 2.24) is 9.78 Å². The van der Waals surface area contributed by atoms with Crippen LogP contribution in [0.3, 0.4) is 0 Å². The zero-order chi connectivity index (χ0) is 18.0. The molecular weight excluding hydrogens is 334 g/mol.